The molecule has 1 saturated carbocycles. The maximum atomic E-state index is 12.6. The van der Waals surface area contributed by atoms with Gasteiger partial charge in [-0.2, -0.15) is 5.26 Å². The van der Waals surface area contributed by atoms with Gasteiger partial charge in [-0.05, 0) is 56.4 Å². The first-order chi connectivity index (χ1) is 17.4. The molecular weight excluding hydrogens is 452 g/mol. The summed E-state index contributed by atoms with van der Waals surface area (Å²) >= 11 is 0. The summed E-state index contributed by atoms with van der Waals surface area (Å²) in [5.41, 5.74) is 5.24. The molecule has 0 unspecified atom stereocenters. The molecule has 1 amide bonds. The van der Waals surface area contributed by atoms with Crippen LogP contribution in [0, 0.1) is 24.2 Å². The molecule has 0 radical (unpaired) electrons. The van der Waals surface area contributed by atoms with Gasteiger partial charge in [-0.3, -0.25) is 9.79 Å². The molecule has 1 aliphatic rings. The number of aryl methyl sites for hydroxylation is 1. The minimum atomic E-state index is 0.0249. The third-order valence-electron chi connectivity index (χ3n) is 5.83. The fourth-order valence-electron chi connectivity index (χ4n) is 3.79. The summed E-state index contributed by atoms with van der Waals surface area (Å²) in [6.45, 7) is 6.07. The van der Waals surface area contributed by atoms with E-state index in [1.165, 1.54) is 6.20 Å². The van der Waals surface area contributed by atoms with Gasteiger partial charge >= 0.3 is 0 Å². The number of aliphatic imine (C=N–C) groups is 1. The number of ether oxygens (including phenoxy) is 1. The van der Waals surface area contributed by atoms with Crippen LogP contribution in [-0.4, -0.2) is 36.2 Å². The number of rotatable bonds is 11. The molecular formula is C28H34N6O2. The first-order valence-corrected chi connectivity index (χ1v) is 12.2. The van der Waals surface area contributed by atoms with Crippen molar-refractivity contribution in [3.8, 4) is 11.8 Å². The van der Waals surface area contributed by atoms with Gasteiger partial charge in [0.2, 0.25) is 5.91 Å². The lowest BCUT2D eigenvalue weighted by molar-refractivity contribution is -0.121. The minimum absolute atomic E-state index is 0.0249. The molecule has 0 aliphatic heterocycles. The Hall–Kier alpha value is -4.12. The second-order valence-electron chi connectivity index (χ2n) is 8.62. The van der Waals surface area contributed by atoms with Crippen LogP contribution >= 0.6 is 0 Å². The molecule has 8 heteroatoms. The topological polar surface area (TPSA) is 115 Å². The highest BCUT2D eigenvalue weighted by Gasteiger charge is 2.29. The zero-order valence-corrected chi connectivity index (χ0v) is 21.6. The summed E-state index contributed by atoms with van der Waals surface area (Å²) in [5, 5.41) is 15.8. The summed E-state index contributed by atoms with van der Waals surface area (Å²) in [6, 6.07) is 6.03. The van der Waals surface area contributed by atoms with Gasteiger partial charge in [-0.25, -0.2) is 4.98 Å². The lowest BCUT2D eigenvalue weighted by Gasteiger charge is -2.19. The number of unbranched alkanes of at least 4 members (excludes halogenated alkanes) is 1. The average Bonchev–Trinajstić information content (AvgIpc) is 3.63. The van der Waals surface area contributed by atoms with Gasteiger partial charge in [0.1, 0.15) is 17.5 Å². The van der Waals surface area contributed by atoms with E-state index in [0.717, 1.165) is 42.4 Å². The van der Waals surface area contributed by atoms with Crippen molar-refractivity contribution in [1.29, 1.82) is 5.26 Å². The lowest BCUT2D eigenvalue weighted by atomic mass is 9.98. The molecule has 8 nitrogen and oxygen atoms in total. The summed E-state index contributed by atoms with van der Waals surface area (Å²) in [4.78, 5) is 24.2. The van der Waals surface area contributed by atoms with Crippen LogP contribution < -0.4 is 15.4 Å². The summed E-state index contributed by atoms with van der Waals surface area (Å²) < 4.78 is 5.86. The van der Waals surface area contributed by atoms with E-state index in [0.29, 0.717) is 34.3 Å². The highest BCUT2D eigenvalue weighted by Crippen LogP contribution is 2.37. The van der Waals surface area contributed by atoms with Crippen molar-refractivity contribution < 1.29 is 9.53 Å². The Morgan fingerprint density at radius 2 is 2.17 bits per heavy atom. The van der Waals surface area contributed by atoms with Gasteiger partial charge in [0.15, 0.2) is 5.82 Å². The Morgan fingerprint density at radius 1 is 1.39 bits per heavy atom. The molecule has 0 atom stereocenters. The van der Waals surface area contributed by atoms with Gasteiger partial charge in [0.25, 0.3) is 0 Å². The van der Waals surface area contributed by atoms with E-state index in [1.807, 2.05) is 44.2 Å². The Labute approximate surface area is 212 Å². The number of allylic oxidation sites excluding steroid dienone is 4. The van der Waals surface area contributed by atoms with Crippen molar-refractivity contribution in [2.24, 2.45) is 10.9 Å². The molecule has 36 heavy (non-hydrogen) atoms. The maximum Gasteiger partial charge on any atom is 0.227 e. The molecule has 1 aromatic carbocycles. The van der Waals surface area contributed by atoms with Crippen LogP contribution in [0.2, 0.25) is 0 Å². The fourth-order valence-corrected chi connectivity index (χ4v) is 3.79. The Bertz CT molecular complexity index is 1260. The van der Waals surface area contributed by atoms with Crippen LogP contribution in [0.15, 0.2) is 47.2 Å². The standard InChI is InChI=1S/C28H34N6O2/c1-6-8-9-21(33-28(35)20-11-12-20)14-24(27-31-17-22(15-29)32-27)34-23-13-10-18(3)25(26(23)36-5)19(7-2)16-30-4/h7,9-10,13-14,16-17,20,34H,6,8,11-12H2,1-5H3,(H,31,32)(H,33,35)/b19-7+,21-9-,24-14+,30-16?. The zero-order valence-electron chi connectivity index (χ0n) is 21.6. The fraction of sp³-hybridized carbons (Fsp3) is 0.357. The molecule has 1 heterocycles. The quantitative estimate of drug-likeness (QED) is 0.292. The number of benzene rings is 1. The van der Waals surface area contributed by atoms with E-state index in [4.69, 9.17) is 4.74 Å². The smallest absolute Gasteiger partial charge is 0.227 e. The molecule has 0 spiro atoms. The van der Waals surface area contributed by atoms with Crippen LogP contribution in [0.3, 0.4) is 0 Å². The molecule has 1 aliphatic carbocycles. The van der Waals surface area contributed by atoms with Gasteiger partial charge in [0.05, 0.1) is 24.7 Å². The monoisotopic (exact) mass is 486 g/mol. The van der Waals surface area contributed by atoms with Crippen molar-refractivity contribution in [2.45, 2.75) is 46.5 Å². The van der Waals surface area contributed by atoms with Gasteiger partial charge < -0.3 is 20.4 Å². The number of aromatic amines is 1. The summed E-state index contributed by atoms with van der Waals surface area (Å²) in [5.74, 6) is 1.23. The van der Waals surface area contributed by atoms with Crippen molar-refractivity contribution >= 4 is 29.1 Å². The number of hydrogen-bond donors (Lipinski definition) is 3. The number of H-pyrrole nitrogens is 1. The molecule has 1 fully saturated rings. The average molecular weight is 487 g/mol. The largest absolute Gasteiger partial charge is 0.494 e. The van der Waals surface area contributed by atoms with Gasteiger partial charge in [-0.1, -0.05) is 31.6 Å². The van der Waals surface area contributed by atoms with Crippen molar-refractivity contribution in [3.63, 3.8) is 0 Å². The number of carbonyl (C=O) groups is 1. The van der Waals surface area contributed by atoms with Crippen LogP contribution in [0.25, 0.3) is 11.3 Å². The molecule has 3 rings (SSSR count). The summed E-state index contributed by atoms with van der Waals surface area (Å²) in [6.07, 6.45) is 12.7. The Morgan fingerprint density at radius 3 is 2.75 bits per heavy atom. The number of aromatic nitrogens is 2. The van der Waals surface area contributed by atoms with E-state index in [1.54, 1.807) is 20.4 Å². The van der Waals surface area contributed by atoms with E-state index < -0.39 is 0 Å². The highest BCUT2D eigenvalue weighted by molar-refractivity contribution is 6.12. The molecule has 3 N–H and O–H groups in total. The molecule has 0 bridgehead atoms. The number of anilines is 1. The van der Waals surface area contributed by atoms with E-state index >= 15 is 0 Å². The Balaban J connectivity index is 2.11. The summed E-state index contributed by atoms with van der Waals surface area (Å²) in [7, 11) is 3.37. The third kappa shape index (κ3) is 6.51. The number of carbonyl (C=O) groups excluding carboxylic acids is 1. The molecule has 0 saturated heterocycles. The number of hydrogen-bond acceptors (Lipinski definition) is 6. The van der Waals surface area contributed by atoms with Crippen LogP contribution in [-0.2, 0) is 4.79 Å². The predicted molar refractivity (Wildman–Crippen MR) is 145 cm³/mol. The van der Waals surface area contributed by atoms with Gasteiger partial charge in [0, 0.05) is 30.4 Å². The zero-order chi connectivity index (χ0) is 26.1. The van der Waals surface area contributed by atoms with Crippen LogP contribution in [0.4, 0.5) is 5.69 Å². The van der Waals surface area contributed by atoms with E-state index in [9.17, 15) is 10.1 Å². The van der Waals surface area contributed by atoms with E-state index in [2.05, 4.69) is 38.6 Å². The van der Waals surface area contributed by atoms with Crippen molar-refractivity contribution in [3.05, 3.63) is 64.9 Å². The minimum Gasteiger partial charge on any atom is -0.494 e. The lowest BCUT2D eigenvalue weighted by Crippen LogP contribution is -2.24. The number of nitrogens with one attached hydrogen (secondary N) is 3. The number of amides is 1. The SMILES string of the molecule is C/C=C(\C=NC)c1c(C)ccc(N/C(=C/C(=C/CCC)NC(=O)C2CC2)c2ncc(C#N)[nH]2)c1OC. The highest BCUT2D eigenvalue weighted by atomic mass is 16.5. The number of nitriles is 1. The number of methoxy groups -OCH3 is 1. The molecule has 2 aromatic rings. The molecule has 1 aromatic heterocycles. The second kappa shape index (κ2) is 12.5. The van der Waals surface area contributed by atoms with Crippen LogP contribution in [0.1, 0.15) is 62.2 Å². The first kappa shape index (κ1) is 26.5. The number of imidazole rings is 1. The van der Waals surface area contributed by atoms with Gasteiger partial charge in [-0.15, -0.1) is 0 Å². The second-order valence-corrected chi connectivity index (χ2v) is 8.62. The third-order valence-corrected chi connectivity index (χ3v) is 5.83. The normalized spacial score (nSPS) is 14.6. The predicted octanol–water partition coefficient (Wildman–Crippen LogP) is 5.37. The maximum absolute atomic E-state index is 12.6. The number of nitrogens with zero attached hydrogens (tertiary/aromatic N) is 3. The molecule has 188 valence electrons. The van der Waals surface area contributed by atoms with E-state index in [-0.39, 0.29) is 11.8 Å². The van der Waals surface area contributed by atoms with Crippen LogP contribution in [0.5, 0.6) is 5.75 Å². The van der Waals surface area contributed by atoms with Crippen molar-refractivity contribution in [1.82, 2.24) is 15.3 Å². The first-order valence-electron chi connectivity index (χ1n) is 12.2. The Kier molecular flexibility index (Phi) is 9.23. The van der Waals surface area contributed by atoms with Crippen molar-refractivity contribution in [2.75, 3.05) is 19.5 Å².